The Hall–Kier alpha value is -2.15. The van der Waals surface area contributed by atoms with Crippen molar-refractivity contribution in [3.05, 3.63) is 44.9 Å². The number of rotatable bonds is 4. The van der Waals surface area contributed by atoms with E-state index in [1.165, 1.54) is 17.4 Å². The molecule has 0 aliphatic rings. The Kier molecular flexibility index (Phi) is 3.20. The lowest BCUT2D eigenvalue weighted by Gasteiger charge is -2.06. The van der Waals surface area contributed by atoms with Crippen LogP contribution >= 0.6 is 11.3 Å². The molecule has 1 heterocycles. The molecule has 17 heavy (non-hydrogen) atoms. The molecule has 88 valence electrons. The monoisotopic (exact) mass is 250 g/mol. The molecule has 2 aromatic rings. The predicted octanol–water partition coefficient (Wildman–Crippen LogP) is 2.25. The Morgan fingerprint density at radius 2 is 2.35 bits per heavy atom. The number of para-hydroxylation sites is 1. The van der Waals surface area contributed by atoms with Crippen LogP contribution in [0.2, 0.25) is 0 Å². The van der Waals surface area contributed by atoms with Gasteiger partial charge in [0.15, 0.2) is 0 Å². The first kappa shape index (κ1) is 11.3. The third-order valence-electron chi connectivity index (χ3n) is 2.16. The molecule has 0 aliphatic heterocycles. The quantitative estimate of drug-likeness (QED) is 0.493. The van der Waals surface area contributed by atoms with Gasteiger partial charge in [-0.3, -0.25) is 10.1 Å². The third kappa shape index (κ3) is 2.51. The second-order valence-corrected chi connectivity index (χ2v) is 4.26. The van der Waals surface area contributed by atoms with Crippen molar-refractivity contribution in [1.29, 1.82) is 0 Å². The Morgan fingerprint density at radius 1 is 1.53 bits per heavy atom. The molecule has 0 aliphatic carbocycles. The summed E-state index contributed by atoms with van der Waals surface area (Å²) in [6.07, 6.45) is 1.69. The third-order valence-corrected chi connectivity index (χ3v) is 2.94. The SMILES string of the molecule is Nc1cccc(NCc2nccs2)c1[N+](=O)[O-]. The summed E-state index contributed by atoms with van der Waals surface area (Å²) in [4.78, 5) is 14.5. The first-order valence-corrected chi connectivity index (χ1v) is 5.71. The summed E-state index contributed by atoms with van der Waals surface area (Å²) in [6, 6.07) is 4.81. The zero-order chi connectivity index (χ0) is 12.3. The smallest absolute Gasteiger partial charge is 0.314 e. The maximum Gasteiger partial charge on any atom is 0.314 e. The number of nitrogens with two attached hydrogens (primary N) is 1. The van der Waals surface area contributed by atoms with E-state index < -0.39 is 4.92 Å². The second-order valence-electron chi connectivity index (χ2n) is 3.28. The average Bonchev–Trinajstić information content (AvgIpc) is 2.78. The van der Waals surface area contributed by atoms with Crippen molar-refractivity contribution in [3.63, 3.8) is 0 Å². The summed E-state index contributed by atoms with van der Waals surface area (Å²) >= 11 is 1.49. The normalized spacial score (nSPS) is 10.1. The lowest BCUT2D eigenvalue weighted by Crippen LogP contribution is -2.04. The number of hydrogen-bond acceptors (Lipinski definition) is 6. The van der Waals surface area contributed by atoms with Crippen LogP contribution in [0.4, 0.5) is 17.1 Å². The number of hydrogen-bond donors (Lipinski definition) is 2. The van der Waals surface area contributed by atoms with Crippen LogP contribution in [0.25, 0.3) is 0 Å². The Labute approximate surface area is 101 Å². The van der Waals surface area contributed by atoms with E-state index in [4.69, 9.17) is 5.73 Å². The van der Waals surface area contributed by atoms with Gasteiger partial charge in [-0.1, -0.05) is 6.07 Å². The van der Waals surface area contributed by atoms with Gasteiger partial charge in [0, 0.05) is 11.6 Å². The number of aromatic nitrogens is 1. The number of benzene rings is 1. The minimum absolute atomic E-state index is 0.0935. The molecule has 0 saturated heterocycles. The minimum Gasteiger partial charge on any atom is -0.393 e. The van der Waals surface area contributed by atoms with Gasteiger partial charge in [0.1, 0.15) is 16.4 Å². The van der Waals surface area contributed by atoms with Crippen LogP contribution in [0.3, 0.4) is 0 Å². The fourth-order valence-corrected chi connectivity index (χ4v) is 1.97. The van der Waals surface area contributed by atoms with Crippen molar-refractivity contribution in [2.24, 2.45) is 0 Å². The number of anilines is 2. The van der Waals surface area contributed by atoms with Crippen molar-refractivity contribution in [2.45, 2.75) is 6.54 Å². The van der Waals surface area contributed by atoms with E-state index in [0.29, 0.717) is 12.2 Å². The van der Waals surface area contributed by atoms with Crippen LogP contribution in [0.15, 0.2) is 29.8 Å². The average molecular weight is 250 g/mol. The van der Waals surface area contributed by atoms with Crippen molar-refractivity contribution < 1.29 is 4.92 Å². The first-order valence-electron chi connectivity index (χ1n) is 4.83. The second kappa shape index (κ2) is 4.79. The van der Waals surface area contributed by atoms with E-state index >= 15 is 0 Å². The molecule has 2 rings (SSSR count). The summed E-state index contributed by atoms with van der Waals surface area (Å²) in [5.74, 6) is 0. The molecule has 0 unspecified atom stereocenters. The molecule has 7 heteroatoms. The van der Waals surface area contributed by atoms with Gasteiger partial charge in [-0.05, 0) is 12.1 Å². The van der Waals surface area contributed by atoms with Crippen LogP contribution in [0, 0.1) is 10.1 Å². The van der Waals surface area contributed by atoms with Gasteiger partial charge in [-0.25, -0.2) is 4.98 Å². The van der Waals surface area contributed by atoms with Gasteiger partial charge in [0.05, 0.1) is 11.5 Å². The maximum atomic E-state index is 10.9. The molecule has 1 aromatic carbocycles. The number of nitrogen functional groups attached to an aromatic ring is 1. The van der Waals surface area contributed by atoms with E-state index in [-0.39, 0.29) is 11.4 Å². The number of nitrogens with zero attached hydrogens (tertiary/aromatic N) is 2. The van der Waals surface area contributed by atoms with Gasteiger partial charge >= 0.3 is 5.69 Å². The molecular weight excluding hydrogens is 240 g/mol. The standard InChI is InChI=1S/C10H10N4O2S/c11-7-2-1-3-8(10(7)14(15)16)13-6-9-12-4-5-17-9/h1-5,13H,6,11H2. The highest BCUT2D eigenvalue weighted by Gasteiger charge is 2.17. The molecule has 0 atom stereocenters. The highest BCUT2D eigenvalue weighted by atomic mass is 32.1. The molecular formula is C10H10N4O2S. The van der Waals surface area contributed by atoms with Crippen LogP contribution in [-0.4, -0.2) is 9.91 Å². The van der Waals surface area contributed by atoms with Crippen LogP contribution in [0.1, 0.15) is 5.01 Å². The fraction of sp³-hybridized carbons (Fsp3) is 0.100. The number of thiazole rings is 1. The first-order chi connectivity index (χ1) is 8.18. The van der Waals surface area contributed by atoms with E-state index in [0.717, 1.165) is 5.01 Å². The molecule has 1 aromatic heterocycles. The van der Waals surface area contributed by atoms with E-state index in [2.05, 4.69) is 10.3 Å². The maximum absolute atomic E-state index is 10.9. The zero-order valence-electron chi connectivity index (χ0n) is 8.79. The van der Waals surface area contributed by atoms with Crippen molar-refractivity contribution >= 4 is 28.4 Å². The van der Waals surface area contributed by atoms with Crippen LogP contribution in [-0.2, 0) is 6.54 Å². The molecule has 0 amide bonds. The number of nitro groups is 1. The summed E-state index contributed by atoms with van der Waals surface area (Å²) in [6.45, 7) is 0.446. The highest BCUT2D eigenvalue weighted by Crippen LogP contribution is 2.30. The summed E-state index contributed by atoms with van der Waals surface area (Å²) < 4.78 is 0. The summed E-state index contributed by atoms with van der Waals surface area (Å²) in [5.41, 5.74) is 6.04. The zero-order valence-corrected chi connectivity index (χ0v) is 9.61. The van der Waals surface area contributed by atoms with E-state index in [1.54, 1.807) is 18.3 Å². The van der Waals surface area contributed by atoms with Gasteiger partial charge in [0.25, 0.3) is 0 Å². The Balaban J connectivity index is 2.21. The van der Waals surface area contributed by atoms with Crippen molar-refractivity contribution in [3.8, 4) is 0 Å². The summed E-state index contributed by atoms with van der Waals surface area (Å²) in [7, 11) is 0. The predicted molar refractivity (Wildman–Crippen MR) is 66.9 cm³/mol. The molecule has 0 radical (unpaired) electrons. The lowest BCUT2D eigenvalue weighted by molar-refractivity contribution is -0.383. The molecule has 3 N–H and O–H groups in total. The molecule has 0 saturated carbocycles. The Bertz CT molecular complexity index is 527. The molecule has 0 fully saturated rings. The largest absolute Gasteiger partial charge is 0.393 e. The van der Waals surface area contributed by atoms with Gasteiger partial charge in [-0.2, -0.15) is 0 Å². The summed E-state index contributed by atoms with van der Waals surface area (Å²) in [5, 5.41) is 16.6. The highest BCUT2D eigenvalue weighted by molar-refractivity contribution is 7.09. The number of nitro benzene ring substituents is 1. The lowest BCUT2D eigenvalue weighted by atomic mass is 10.2. The number of nitrogens with one attached hydrogen (secondary N) is 1. The van der Waals surface area contributed by atoms with E-state index in [1.807, 2.05) is 5.38 Å². The van der Waals surface area contributed by atoms with Crippen molar-refractivity contribution in [1.82, 2.24) is 4.98 Å². The van der Waals surface area contributed by atoms with Crippen LogP contribution in [0.5, 0.6) is 0 Å². The molecule has 0 spiro atoms. The van der Waals surface area contributed by atoms with Gasteiger partial charge < -0.3 is 11.1 Å². The minimum atomic E-state index is -0.487. The molecule has 0 bridgehead atoms. The Morgan fingerprint density at radius 3 is 3.00 bits per heavy atom. The van der Waals surface area contributed by atoms with Gasteiger partial charge in [-0.15, -0.1) is 11.3 Å². The fourth-order valence-electron chi connectivity index (χ4n) is 1.42. The van der Waals surface area contributed by atoms with E-state index in [9.17, 15) is 10.1 Å². The van der Waals surface area contributed by atoms with Crippen molar-refractivity contribution in [2.75, 3.05) is 11.1 Å². The molecule has 6 nitrogen and oxygen atoms in total. The van der Waals surface area contributed by atoms with Crippen LogP contribution < -0.4 is 11.1 Å². The topological polar surface area (TPSA) is 94.1 Å². The van der Waals surface area contributed by atoms with Gasteiger partial charge in [0.2, 0.25) is 0 Å².